The molecule has 3 rings (SSSR count). The number of hydrogen-bond donors (Lipinski definition) is 0. The highest BCUT2D eigenvalue weighted by atomic mass is 35.5. The van der Waals surface area contributed by atoms with Crippen LogP contribution in [0, 0.1) is 22.0 Å². The molecule has 5 nitrogen and oxygen atoms in total. The molecule has 0 N–H and O–H groups in total. The highest BCUT2D eigenvalue weighted by Gasteiger charge is 2.27. The van der Waals surface area contributed by atoms with Gasteiger partial charge in [-0.2, -0.15) is 0 Å². The summed E-state index contributed by atoms with van der Waals surface area (Å²) in [6.45, 7) is 5.64. The average Bonchev–Trinajstić information content (AvgIpc) is 2.60. The lowest BCUT2D eigenvalue weighted by atomic mass is 9.91. The van der Waals surface area contributed by atoms with Crippen LogP contribution >= 0.6 is 23.4 Å². The van der Waals surface area contributed by atoms with E-state index in [0.717, 1.165) is 11.3 Å². The third-order valence-corrected chi connectivity index (χ3v) is 5.87. The molecule has 0 bridgehead atoms. The van der Waals surface area contributed by atoms with Gasteiger partial charge in [-0.1, -0.05) is 43.3 Å². The van der Waals surface area contributed by atoms with Gasteiger partial charge in [-0.25, -0.2) is 0 Å². The molecule has 2 atom stereocenters. The standard InChI is InChI=1S/C20H21ClN2O3S/c1-13-8-14(2)12-22(11-13)20(24)15-6-7-19(18(9-15)23(25)26)27-17-5-3-4-16(21)10-17/h3-7,9-10,13-14H,8,11-12H2,1-2H3/t13-,14+. The normalized spacial score (nSPS) is 19.7. The van der Waals surface area contributed by atoms with Crippen molar-refractivity contribution in [1.29, 1.82) is 0 Å². The zero-order valence-electron chi connectivity index (χ0n) is 15.2. The van der Waals surface area contributed by atoms with Crippen molar-refractivity contribution in [3.05, 3.63) is 63.2 Å². The van der Waals surface area contributed by atoms with E-state index < -0.39 is 4.92 Å². The van der Waals surface area contributed by atoms with E-state index in [2.05, 4.69) is 13.8 Å². The summed E-state index contributed by atoms with van der Waals surface area (Å²) in [7, 11) is 0. The van der Waals surface area contributed by atoms with Crippen LogP contribution in [0.15, 0.2) is 52.3 Å². The first-order valence-corrected chi connectivity index (χ1v) is 10.0. The van der Waals surface area contributed by atoms with Gasteiger partial charge in [0.05, 0.1) is 9.82 Å². The van der Waals surface area contributed by atoms with Gasteiger partial charge in [-0.05, 0) is 48.6 Å². The molecule has 1 aliphatic rings. The molecule has 1 heterocycles. The van der Waals surface area contributed by atoms with Crippen LogP contribution in [0.25, 0.3) is 0 Å². The Morgan fingerprint density at radius 3 is 2.52 bits per heavy atom. The summed E-state index contributed by atoms with van der Waals surface area (Å²) in [6, 6.07) is 11.9. The van der Waals surface area contributed by atoms with Crippen LogP contribution in [0.2, 0.25) is 5.02 Å². The van der Waals surface area contributed by atoms with Gasteiger partial charge in [0.1, 0.15) is 0 Å². The molecule has 27 heavy (non-hydrogen) atoms. The van der Waals surface area contributed by atoms with Crippen LogP contribution in [-0.4, -0.2) is 28.8 Å². The number of amides is 1. The Hall–Kier alpha value is -2.05. The Labute approximate surface area is 167 Å². The number of nitro groups is 1. The number of hydrogen-bond acceptors (Lipinski definition) is 4. The lowest BCUT2D eigenvalue weighted by molar-refractivity contribution is -0.387. The Morgan fingerprint density at radius 1 is 1.19 bits per heavy atom. The molecule has 0 radical (unpaired) electrons. The Bertz CT molecular complexity index is 864. The van der Waals surface area contributed by atoms with Crippen molar-refractivity contribution in [2.45, 2.75) is 30.1 Å². The minimum absolute atomic E-state index is 0.0658. The van der Waals surface area contributed by atoms with Crippen molar-refractivity contribution in [1.82, 2.24) is 4.90 Å². The van der Waals surface area contributed by atoms with Crippen LogP contribution in [0.5, 0.6) is 0 Å². The second-order valence-corrected chi connectivity index (χ2v) is 8.71. The first kappa shape index (κ1) is 19.7. The molecule has 0 saturated carbocycles. The van der Waals surface area contributed by atoms with Crippen LogP contribution in [-0.2, 0) is 0 Å². The smallest absolute Gasteiger partial charge is 0.284 e. The van der Waals surface area contributed by atoms with Gasteiger partial charge in [0, 0.05) is 34.6 Å². The third-order valence-electron chi connectivity index (χ3n) is 4.58. The predicted octanol–water partition coefficient (Wildman–Crippen LogP) is 5.52. The van der Waals surface area contributed by atoms with Gasteiger partial charge in [0.25, 0.3) is 11.6 Å². The van der Waals surface area contributed by atoms with Gasteiger partial charge in [0.2, 0.25) is 0 Å². The average molecular weight is 405 g/mol. The quantitative estimate of drug-likeness (QED) is 0.497. The SMILES string of the molecule is C[C@@H]1C[C@H](C)CN(C(=O)c2ccc(Sc3cccc(Cl)c3)c([N+](=O)[O-])c2)C1. The number of carbonyl (C=O) groups is 1. The number of piperidine rings is 1. The fourth-order valence-electron chi connectivity index (χ4n) is 3.55. The first-order valence-electron chi connectivity index (χ1n) is 8.84. The fourth-order valence-corrected chi connectivity index (χ4v) is 4.76. The van der Waals surface area contributed by atoms with Crippen molar-refractivity contribution in [3.8, 4) is 0 Å². The molecular weight excluding hydrogens is 384 g/mol. The van der Waals surface area contributed by atoms with Crippen LogP contribution in [0.4, 0.5) is 5.69 Å². The highest BCUT2D eigenvalue weighted by Crippen LogP contribution is 2.36. The highest BCUT2D eigenvalue weighted by molar-refractivity contribution is 7.99. The summed E-state index contributed by atoms with van der Waals surface area (Å²) in [4.78, 5) is 27.1. The number of carbonyl (C=O) groups excluding carboxylic acids is 1. The number of benzene rings is 2. The molecule has 1 fully saturated rings. The predicted molar refractivity (Wildman–Crippen MR) is 108 cm³/mol. The van der Waals surface area contributed by atoms with Gasteiger partial charge in [-0.15, -0.1) is 0 Å². The Balaban J connectivity index is 1.87. The van der Waals surface area contributed by atoms with Crippen LogP contribution in [0.1, 0.15) is 30.6 Å². The van der Waals surface area contributed by atoms with Gasteiger partial charge < -0.3 is 4.90 Å². The van der Waals surface area contributed by atoms with Crippen molar-refractivity contribution >= 4 is 35.0 Å². The molecule has 2 aromatic rings. The molecule has 1 saturated heterocycles. The maximum Gasteiger partial charge on any atom is 0.284 e. The number of nitrogens with zero attached hydrogens (tertiary/aromatic N) is 2. The zero-order chi connectivity index (χ0) is 19.6. The van der Waals surface area contributed by atoms with Crippen molar-refractivity contribution in [3.63, 3.8) is 0 Å². The lowest BCUT2D eigenvalue weighted by Crippen LogP contribution is -2.42. The number of nitro benzene ring substituents is 1. The van der Waals surface area contributed by atoms with Gasteiger partial charge in [-0.3, -0.25) is 14.9 Å². The third kappa shape index (κ3) is 4.82. The fraction of sp³-hybridized carbons (Fsp3) is 0.350. The summed E-state index contributed by atoms with van der Waals surface area (Å²) >= 11 is 7.25. The van der Waals surface area contributed by atoms with E-state index in [9.17, 15) is 14.9 Å². The van der Waals surface area contributed by atoms with E-state index >= 15 is 0 Å². The summed E-state index contributed by atoms with van der Waals surface area (Å²) in [5, 5.41) is 12.1. The Kier molecular flexibility index (Phi) is 6.07. The van der Waals surface area contributed by atoms with E-state index in [1.165, 1.54) is 17.8 Å². The van der Waals surface area contributed by atoms with E-state index in [4.69, 9.17) is 11.6 Å². The Morgan fingerprint density at radius 2 is 1.89 bits per heavy atom. The van der Waals surface area contributed by atoms with E-state index in [1.807, 2.05) is 11.0 Å². The van der Waals surface area contributed by atoms with Gasteiger partial charge >= 0.3 is 0 Å². The van der Waals surface area contributed by atoms with E-state index in [-0.39, 0.29) is 11.6 Å². The molecule has 0 spiro atoms. The molecule has 0 aromatic heterocycles. The number of likely N-dealkylation sites (tertiary alicyclic amines) is 1. The van der Waals surface area contributed by atoms with Crippen LogP contribution < -0.4 is 0 Å². The maximum atomic E-state index is 12.9. The minimum Gasteiger partial charge on any atom is -0.338 e. The molecule has 1 aliphatic heterocycles. The minimum atomic E-state index is -0.439. The first-order chi connectivity index (χ1) is 12.8. The number of halogens is 1. The second-order valence-electron chi connectivity index (χ2n) is 7.16. The summed E-state index contributed by atoms with van der Waals surface area (Å²) in [6.07, 6.45) is 1.10. The topological polar surface area (TPSA) is 63.5 Å². The summed E-state index contributed by atoms with van der Waals surface area (Å²) in [5.74, 6) is 0.728. The molecule has 0 aliphatic carbocycles. The molecule has 142 valence electrons. The summed E-state index contributed by atoms with van der Waals surface area (Å²) in [5.41, 5.74) is 0.294. The van der Waals surface area contributed by atoms with E-state index in [0.29, 0.717) is 40.4 Å². The second kappa shape index (κ2) is 8.31. The van der Waals surface area contributed by atoms with Crippen molar-refractivity contribution < 1.29 is 9.72 Å². The zero-order valence-corrected chi connectivity index (χ0v) is 16.8. The van der Waals surface area contributed by atoms with Crippen molar-refractivity contribution in [2.24, 2.45) is 11.8 Å². The van der Waals surface area contributed by atoms with Crippen molar-refractivity contribution in [2.75, 3.05) is 13.1 Å². The maximum absolute atomic E-state index is 12.9. The lowest BCUT2D eigenvalue weighted by Gasteiger charge is -2.35. The molecule has 7 heteroatoms. The summed E-state index contributed by atoms with van der Waals surface area (Å²) < 4.78 is 0. The van der Waals surface area contributed by atoms with E-state index in [1.54, 1.807) is 30.3 Å². The molecular formula is C20H21ClN2O3S. The molecule has 2 aromatic carbocycles. The molecule has 0 unspecified atom stereocenters. The van der Waals surface area contributed by atoms with Gasteiger partial charge in [0.15, 0.2) is 0 Å². The monoisotopic (exact) mass is 404 g/mol. The number of rotatable bonds is 4. The largest absolute Gasteiger partial charge is 0.338 e. The molecule has 1 amide bonds. The van der Waals surface area contributed by atoms with Crippen LogP contribution in [0.3, 0.4) is 0 Å².